The molecule has 0 aromatic heterocycles. The molecule has 0 spiro atoms. The number of benzene rings is 2. The van der Waals surface area contributed by atoms with Gasteiger partial charge in [-0.05, 0) is 48.2 Å². The van der Waals surface area contributed by atoms with E-state index < -0.39 is 0 Å². The van der Waals surface area contributed by atoms with Crippen molar-refractivity contribution < 1.29 is 14.6 Å². The molecule has 3 nitrogen and oxygen atoms in total. The Morgan fingerprint density at radius 1 is 0.760 bits per heavy atom. The lowest BCUT2D eigenvalue weighted by Crippen LogP contribution is -1.97. The SMILES string of the molecule is Oc1cc(/C=C/c2ccc(OCCCCl)cc2)cc(OCCCCl)c1. The minimum Gasteiger partial charge on any atom is -0.508 e. The Morgan fingerprint density at radius 2 is 1.36 bits per heavy atom. The van der Waals surface area contributed by atoms with Crippen LogP contribution in [0.5, 0.6) is 17.2 Å². The molecule has 0 saturated carbocycles. The number of aromatic hydroxyl groups is 1. The minimum atomic E-state index is 0.172. The lowest BCUT2D eigenvalue weighted by molar-refractivity contribution is 0.316. The summed E-state index contributed by atoms with van der Waals surface area (Å²) in [6.45, 7) is 1.15. The maximum atomic E-state index is 9.82. The Hall–Kier alpha value is -1.84. The van der Waals surface area contributed by atoms with Crippen molar-refractivity contribution in [3.8, 4) is 17.2 Å². The molecule has 0 atom stereocenters. The van der Waals surface area contributed by atoms with E-state index in [1.807, 2.05) is 42.5 Å². The molecular formula is C20H22Cl2O3. The lowest BCUT2D eigenvalue weighted by atomic mass is 10.1. The molecule has 0 bridgehead atoms. The van der Waals surface area contributed by atoms with Crippen molar-refractivity contribution in [2.75, 3.05) is 25.0 Å². The van der Waals surface area contributed by atoms with Gasteiger partial charge in [-0.3, -0.25) is 0 Å². The summed E-state index contributed by atoms with van der Waals surface area (Å²) in [6, 6.07) is 13.0. The fraction of sp³-hybridized carbons (Fsp3) is 0.300. The second-order valence-electron chi connectivity index (χ2n) is 5.44. The molecule has 1 N–H and O–H groups in total. The highest BCUT2D eigenvalue weighted by molar-refractivity contribution is 6.18. The van der Waals surface area contributed by atoms with Gasteiger partial charge in [0.05, 0.1) is 13.2 Å². The van der Waals surface area contributed by atoms with Gasteiger partial charge in [-0.1, -0.05) is 24.3 Å². The van der Waals surface area contributed by atoms with Crippen LogP contribution in [0.3, 0.4) is 0 Å². The molecule has 2 rings (SSSR count). The number of phenols is 1. The van der Waals surface area contributed by atoms with Gasteiger partial charge in [0.1, 0.15) is 17.2 Å². The zero-order valence-corrected chi connectivity index (χ0v) is 15.5. The predicted octanol–water partition coefficient (Wildman–Crippen LogP) is 5.58. The van der Waals surface area contributed by atoms with Crippen LogP contribution < -0.4 is 9.47 Å². The van der Waals surface area contributed by atoms with E-state index in [-0.39, 0.29) is 5.75 Å². The Balaban J connectivity index is 1.98. The van der Waals surface area contributed by atoms with Crippen molar-refractivity contribution in [3.05, 3.63) is 53.6 Å². The van der Waals surface area contributed by atoms with E-state index in [2.05, 4.69) is 0 Å². The lowest BCUT2D eigenvalue weighted by Gasteiger charge is -2.07. The van der Waals surface area contributed by atoms with Gasteiger partial charge < -0.3 is 14.6 Å². The van der Waals surface area contributed by atoms with Crippen LogP contribution in [0.2, 0.25) is 0 Å². The average Bonchev–Trinajstić information content (AvgIpc) is 2.61. The first-order valence-corrected chi connectivity index (χ1v) is 9.28. The summed E-state index contributed by atoms with van der Waals surface area (Å²) < 4.78 is 11.2. The Bertz CT molecular complexity index is 669. The summed E-state index contributed by atoms with van der Waals surface area (Å²) in [5, 5.41) is 9.82. The summed E-state index contributed by atoms with van der Waals surface area (Å²) in [4.78, 5) is 0. The molecule has 0 fully saturated rings. The quantitative estimate of drug-likeness (QED) is 0.332. The minimum absolute atomic E-state index is 0.172. The first-order valence-electron chi connectivity index (χ1n) is 8.21. The molecule has 0 unspecified atom stereocenters. The maximum absolute atomic E-state index is 9.82. The highest BCUT2D eigenvalue weighted by atomic mass is 35.5. The molecule has 0 aliphatic heterocycles. The Kier molecular flexibility index (Phi) is 8.50. The van der Waals surface area contributed by atoms with Crippen LogP contribution in [0.25, 0.3) is 12.2 Å². The van der Waals surface area contributed by atoms with E-state index in [0.717, 1.165) is 29.7 Å². The maximum Gasteiger partial charge on any atom is 0.123 e. The van der Waals surface area contributed by atoms with Crippen LogP contribution in [0.15, 0.2) is 42.5 Å². The van der Waals surface area contributed by atoms with E-state index in [0.29, 0.717) is 30.7 Å². The number of halogens is 2. The van der Waals surface area contributed by atoms with Crippen molar-refractivity contribution in [1.82, 2.24) is 0 Å². The first-order chi connectivity index (χ1) is 12.2. The Morgan fingerprint density at radius 3 is 2.00 bits per heavy atom. The van der Waals surface area contributed by atoms with E-state index >= 15 is 0 Å². The van der Waals surface area contributed by atoms with Gasteiger partial charge in [-0.2, -0.15) is 0 Å². The topological polar surface area (TPSA) is 38.7 Å². The van der Waals surface area contributed by atoms with Crippen LogP contribution in [0.1, 0.15) is 24.0 Å². The number of hydrogen-bond donors (Lipinski definition) is 1. The molecule has 2 aromatic carbocycles. The van der Waals surface area contributed by atoms with Crippen LogP contribution >= 0.6 is 23.2 Å². The third kappa shape index (κ3) is 7.29. The predicted molar refractivity (Wildman–Crippen MR) is 105 cm³/mol. The van der Waals surface area contributed by atoms with Gasteiger partial charge in [-0.25, -0.2) is 0 Å². The van der Waals surface area contributed by atoms with E-state index in [1.54, 1.807) is 12.1 Å². The molecule has 0 aliphatic carbocycles. The van der Waals surface area contributed by atoms with Crippen LogP contribution in [-0.4, -0.2) is 30.1 Å². The van der Waals surface area contributed by atoms with Crippen molar-refractivity contribution in [3.63, 3.8) is 0 Å². The normalized spacial score (nSPS) is 11.0. The zero-order valence-electron chi connectivity index (χ0n) is 14.0. The summed E-state index contributed by atoms with van der Waals surface area (Å²) in [5.74, 6) is 2.79. The smallest absolute Gasteiger partial charge is 0.123 e. The van der Waals surface area contributed by atoms with Gasteiger partial charge in [-0.15, -0.1) is 23.2 Å². The molecule has 0 radical (unpaired) electrons. The van der Waals surface area contributed by atoms with Crippen molar-refractivity contribution in [1.29, 1.82) is 0 Å². The number of alkyl halides is 2. The van der Waals surface area contributed by atoms with E-state index in [9.17, 15) is 5.11 Å². The molecule has 134 valence electrons. The molecule has 0 amide bonds. The third-order valence-corrected chi connectivity index (χ3v) is 3.89. The monoisotopic (exact) mass is 380 g/mol. The van der Waals surface area contributed by atoms with E-state index in [1.165, 1.54) is 0 Å². The van der Waals surface area contributed by atoms with Gasteiger partial charge >= 0.3 is 0 Å². The number of hydrogen-bond acceptors (Lipinski definition) is 3. The third-order valence-electron chi connectivity index (χ3n) is 3.36. The second-order valence-corrected chi connectivity index (χ2v) is 6.20. The molecule has 0 saturated heterocycles. The standard InChI is InChI=1S/C20H22Cl2O3/c21-9-1-11-24-19-7-5-16(6-8-19)3-4-17-13-18(23)15-20(14-17)25-12-2-10-22/h3-8,13-15,23H,1-2,9-12H2/b4-3+. The van der Waals surface area contributed by atoms with Crippen LogP contribution in [-0.2, 0) is 0 Å². The van der Waals surface area contributed by atoms with Gasteiger partial charge in [0.2, 0.25) is 0 Å². The molecule has 0 aliphatic rings. The molecule has 2 aromatic rings. The molecular weight excluding hydrogens is 359 g/mol. The van der Waals surface area contributed by atoms with Gasteiger partial charge in [0.15, 0.2) is 0 Å². The van der Waals surface area contributed by atoms with Crippen molar-refractivity contribution in [2.24, 2.45) is 0 Å². The van der Waals surface area contributed by atoms with E-state index in [4.69, 9.17) is 32.7 Å². The number of ether oxygens (including phenoxy) is 2. The Labute approximate surface area is 158 Å². The van der Waals surface area contributed by atoms with Gasteiger partial charge in [0.25, 0.3) is 0 Å². The van der Waals surface area contributed by atoms with Gasteiger partial charge in [0, 0.05) is 17.8 Å². The summed E-state index contributed by atoms with van der Waals surface area (Å²) in [6.07, 6.45) is 5.50. The summed E-state index contributed by atoms with van der Waals surface area (Å²) in [7, 11) is 0. The molecule has 5 heteroatoms. The molecule has 0 heterocycles. The highest BCUT2D eigenvalue weighted by Crippen LogP contribution is 2.24. The summed E-state index contributed by atoms with van der Waals surface area (Å²) >= 11 is 11.3. The fourth-order valence-corrected chi connectivity index (χ4v) is 2.36. The zero-order chi connectivity index (χ0) is 17.9. The van der Waals surface area contributed by atoms with Crippen LogP contribution in [0, 0.1) is 0 Å². The second kappa shape index (κ2) is 10.9. The number of phenolic OH excluding ortho intramolecular Hbond substituents is 1. The average molecular weight is 381 g/mol. The highest BCUT2D eigenvalue weighted by Gasteiger charge is 2.00. The van der Waals surface area contributed by atoms with Crippen molar-refractivity contribution >= 4 is 35.4 Å². The summed E-state index contributed by atoms with van der Waals surface area (Å²) in [5.41, 5.74) is 1.90. The van der Waals surface area contributed by atoms with Crippen molar-refractivity contribution in [2.45, 2.75) is 12.8 Å². The number of rotatable bonds is 10. The first kappa shape index (κ1) is 19.5. The molecule has 25 heavy (non-hydrogen) atoms. The van der Waals surface area contributed by atoms with Crippen LogP contribution in [0.4, 0.5) is 0 Å². The fourth-order valence-electron chi connectivity index (χ4n) is 2.14. The largest absolute Gasteiger partial charge is 0.508 e.